The fraction of sp³-hybridized carbons (Fsp3) is 0.200. The number of ketones is 2. The van der Waals surface area contributed by atoms with Crippen LogP contribution in [0.5, 0.6) is 34.5 Å². The van der Waals surface area contributed by atoms with Gasteiger partial charge in [-0.05, 0) is 107 Å². The Balaban J connectivity index is 1.88. The van der Waals surface area contributed by atoms with Crippen molar-refractivity contribution in [3.05, 3.63) is 127 Å². The first-order chi connectivity index (χ1) is 22.6. The number of phenols is 6. The molecule has 0 saturated carbocycles. The molecule has 8 heteroatoms. The Kier molecular flexibility index (Phi) is 8.96. The van der Waals surface area contributed by atoms with Gasteiger partial charge in [0.2, 0.25) is 5.78 Å². The van der Waals surface area contributed by atoms with Gasteiger partial charge in [-0.3, -0.25) is 9.59 Å². The van der Waals surface area contributed by atoms with Crippen LogP contribution in [0, 0.1) is 13.8 Å². The highest BCUT2D eigenvalue weighted by Gasteiger charge is 2.39. The third-order valence-corrected chi connectivity index (χ3v) is 8.41. The minimum Gasteiger partial charge on any atom is -0.507 e. The van der Waals surface area contributed by atoms with Crippen LogP contribution in [0.25, 0.3) is 11.1 Å². The average Bonchev–Trinajstić information content (AvgIpc) is 3.27. The number of carbonyl (C=O) groups excluding carboxylic acids is 2. The molecular weight excluding hydrogens is 608 g/mol. The highest BCUT2D eigenvalue weighted by atomic mass is 16.3. The molecule has 0 fully saturated rings. The topological polar surface area (TPSA) is 156 Å². The molecular formula is C40H38O8. The van der Waals surface area contributed by atoms with Crippen molar-refractivity contribution in [3.8, 4) is 34.5 Å². The molecule has 1 aliphatic carbocycles. The highest BCUT2D eigenvalue weighted by molar-refractivity contribution is 6.43. The fourth-order valence-electron chi connectivity index (χ4n) is 6.09. The molecule has 1 aliphatic rings. The molecule has 0 aliphatic heterocycles. The van der Waals surface area contributed by atoms with Gasteiger partial charge in [0.15, 0.2) is 5.78 Å². The molecule has 0 spiro atoms. The Hall–Kier alpha value is -5.76. The second-order valence-electron chi connectivity index (χ2n) is 12.7. The number of benzene rings is 4. The van der Waals surface area contributed by atoms with E-state index in [9.17, 15) is 40.2 Å². The molecule has 6 N–H and O–H groups in total. The first-order valence-corrected chi connectivity index (χ1v) is 15.5. The van der Waals surface area contributed by atoms with Crippen LogP contribution in [-0.2, 0) is 12.8 Å². The van der Waals surface area contributed by atoms with Crippen molar-refractivity contribution >= 4 is 22.7 Å². The number of allylic oxidation sites excluding steroid dienone is 5. The summed E-state index contributed by atoms with van der Waals surface area (Å²) in [5.74, 6) is -4.12. The molecule has 0 unspecified atom stereocenters. The molecule has 0 atom stereocenters. The van der Waals surface area contributed by atoms with Gasteiger partial charge in [-0.2, -0.15) is 0 Å². The number of hydrogen-bond acceptors (Lipinski definition) is 8. The zero-order valence-electron chi connectivity index (χ0n) is 27.7. The van der Waals surface area contributed by atoms with E-state index in [1.807, 2.05) is 39.8 Å². The zero-order valence-corrected chi connectivity index (χ0v) is 27.7. The summed E-state index contributed by atoms with van der Waals surface area (Å²) in [6, 6.07) is 11.5. The minimum atomic E-state index is -0.960. The SMILES string of the molecule is CC(C)=CCc1ccc(O)c(C(=O)c2c(O)cc(C)cc2C2=C(c3c(O)ccc(CC=C(C)C)c3O)c3c(O)cc(C)cc3C2=O)c1O. The van der Waals surface area contributed by atoms with Crippen molar-refractivity contribution in [1.29, 1.82) is 0 Å². The predicted octanol–water partition coefficient (Wildman–Crippen LogP) is 7.94. The number of aryl methyl sites for hydroxylation is 2. The Morgan fingerprint density at radius 2 is 1.10 bits per heavy atom. The van der Waals surface area contributed by atoms with Crippen LogP contribution in [0.3, 0.4) is 0 Å². The highest BCUT2D eigenvalue weighted by Crippen LogP contribution is 2.53. The quantitative estimate of drug-likeness (QED) is 0.0833. The summed E-state index contributed by atoms with van der Waals surface area (Å²) in [7, 11) is 0. The fourth-order valence-corrected chi connectivity index (χ4v) is 6.09. The minimum absolute atomic E-state index is 0.0358. The van der Waals surface area contributed by atoms with E-state index in [1.54, 1.807) is 26.0 Å². The molecule has 0 heterocycles. The number of fused-ring (bicyclic) bond motifs is 1. The van der Waals surface area contributed by atoms with Gasteiger partial charge >= 0.3 is 0 Å². The third-order valence-electron chi connectivity index (χ3n) is 8.41. The van der Waals surface area contributed by atoms with Gasteiger partial charge < -0.3 is 30.6 Å². The molecule has 4 aromatic rings. The standard InChI is InChI=1S/C40H38O8/c1-19(2)7-9-23-11-13-27(41)34(37(23)45)36-31-26(16-22(6)17-29(31)43)39(47)33(36)25-15-21(5)18-30(44)32(25)40(48)35-28(42)14-12-24(38(35)46)10-8-20(3)4/h7-8,11-18,41-46H,9-10H2,1-6H3. The van der Waals surface area contributed by atoms with Gasteiger partial charge in [-0.25, -0.2) is 0 Å². The number of Topliss-reactive ketones (excluding diaryl/α,β-unsaturated/α-hetero) is 1. The van der Waals surface area contributed by atoms with E-state index < -0.39 is 39.9 Å². The molecule has 246 valence electrons. The van der Waals surface area contributed by atoms with Crippen LogP contribution in [0.1, 0.15) is 92.9 Å². The van der Waals surface area contributed by atoms with E-state index >= 15 is 0 Å². The van der Waals surface area contributed by atoms with Gasteiger partial charge in [0.25, 0.3) is 0 Å². The summed E-state index contributed by atoms with van der Waals surface area (Å²) in [6.45, 7) is 10.9. The van der Waals surface area contributed by atoms with Crippen LogP contribution in [0.2, 0.25) is 0 Å². The largest absolute Gasteiger partial charge is 0.507 e. The van der Waals surface area contributed by atoms with E-state index in [4.69, 9.17) is 0 Å². The van der Waals surface area contributed by atoms with Crippen LogP contribution in [0.4, 0.5) is 0 Å². The van der Waals surface area contributed by atoms with Crippen molar-refractivity contribution < 1.29 is 40.2 Å². The van der Waals surface area contributed by atoms with Crippen LogP contribution in [0.15, 0.2) is 71.8 Å². The lowest BCUT2D eigenvalue weighted by Crippen LogP contribution is -2.11. The number of rotatable bonds is 8. The number of aromatic hydroxyl groups is 6. The average molecular weight is 647 g/mol. The number of carbonyl (C=O) groups is 2. The smallest absolute Gasteiger partial charge is 0.204 e. The number of hydrogen-bond donors (Lipinski definition) is 6. The number of phenolic OH excluding ortho intramolecular Hbond substituents is 6. The van der Waals surface area contributed by atoms with Crippen molar-refractivity contribution in [3.63, 3.8) is 0 Å². The first-order valence-electron chi connectivity index (χ1n) is 15.5. The van der Waals surface area contributed by atoms with Gasteiger partial charge in [0.05, 0.1) is 11.1 Å². The van der Waals surface area contributed by atoms with E-state index in [2.05, 4.69) is 0 Å². The molecule has 4 aromatic carbocycles. The van der Waals surface area contributed by atoms with E-state index in [-0.39, 0.29) is 57.1 Å². The molecule has 0 saturated heterocycles. The normalized spacial score (nSPS) is 12.2. The predicted molar refractivity (Wildman–Crippen MR) is 185 cm³/mol. The van der Waals surface area contributed by atoms with Crippen LogP contribution >= 0.6 is 0 Å². The van der Waals surface area contributed by atoms with Crippen molar-refractivity contribution in [2.24, 2.45) is 0 Å². The third kappa shape index (κ3) is 5.93. The molecule has 0 bridgehead atoms. The van der Waals surface area contributed by atoms with Crippen LogP contribution < -0.4 is 0 Å². The molecule has 0 radical (unpaired) electrons. The van der Waals surface area contributed by atoms with Crippen molar-refractivity contribution in [1.82, 2.24) is 0 Å². The summed E-state index contributed by atoms with van der Waals surface area (Å²) in [5.41, 5.74) is 2.64. The molecule has 0 aromatic heterocycles. The molecule has 5 rings (SSSR count). The zero-order chi connectivity index (χ0) is 35.2. The monoisotopic (exact) mass is 646 g/mol. The Bertz CT molecular complexity index is 2120. The van der Waals surface area contributed by atoms with Gasteiger partial charge in [-0.1, -0.05) is 41.5 Å². The van der Waals surface area contributed by atoms with Gasteiger partial charge in [-0.15, -0.1) is 0 Å². The molecule has 48 heavy (non-hydrogen) atoms. The van der Waals surface area contributed by atoms with E-state index in [1.165, 1.54) is 36.4 Å². The second kappa shape index (κ2) is 12.8. The Labute approximate surface area is 278 Å². The Morgan fingerprint density at radius 1 is 0.583 bits per heavy atom. The maximum absolute atomic E-state index is 14.4. The van der Waals surface area contributed by atoms with E-state index in [0.717, 1.165) is 11.1 Å². The lowest BCUT2D eigenvalue weighted by atomic mass is 9.85. The Morgan fingerprint density at radius 3 is 1.69 bits per heavy atom. The summed E-state index contributed by atoms with van der Waals surface area (Å²) in [4.78, 5) is 28.8. The summed E-state index contributed by atoms with van der Waals surface area (Å²) < 4.78 is 0. The lowest BCUT2D eigenvalue weighted by molar-refractivity contribution is 0.103. The maximum atomic E-state index is 14.4. The summed E-state index contributed by atoms with van der Waals surface area (Å²) in [5, 5.41) is 67.5. The maximum Gasteiger partial charge on any atom is 0.204 e. The second-order valence-corrected chi connectivity index (χ2v) is 12.7. The van der Waals surface area contributed by atoms with Gasteiger partial charge in [0, 0.05) is 27.8 Å². The molecule has 8 nitrogen and oxygen atoms in total. The lowest BCUT2D eigenvalue weighted by Gasteiger charge is -2.18. The summed E-state index contributed by atoms with van der Waals surface area (Å²) >= 11 is 0. The van der Waals surface area contributed by atoms with Gasteiger partial charge in [0.1, 0.15) is 40.1 Å². The first kappa shape index (κ1) is 33.6. The molecule has 0 amide bonds. The van der Waals surface area contributed by atoms with Crippen LogP contribution in [-0.4, -0.2) is 42.2 Å². The van der Waals surface area contributed by atoms with E-state index in [0.29, 0.717) is 28.7 Å². The summed E-state index contributed by atoms with van der Waals surface area (Å²) in [6.07, 6.45) is 4.31. The van der Waals surface area contributed by atoms with Crippen molar-refractivity contribution in [2.45, 2.75) is 54.4 Å². The van der Waals surface area contributed by atoms with Crippen molar-refractivity contribution in [2.75, 3.05) is 0 Å².